The van der Waals surface area contributed by atoms with E-state index >= 15 is 0 Å². The normalized spacial score (nSPS) is 14.3. The van der Waals surface area contributed by atoms with Crippen molar-refractivity contribution >= 4 is 39.9 Å². The van der Waals surface area contributed by atoms with Crippen molar-refractivity contribution in [2.45, 2.75) is 59.0 Å². The number of anilines is 3. The van der Waals surface area contributed by atoms with Crippen molar-refractivity contribution in [3.63, 3.8) is 0 Å². The zero-order chi connectivity index (χ0) is 33.1. The van der Waals surface area contributed by atoms with Crippen LogP contribution in [-0.4, -0.2) is 61.0 Å². The number of rotatable bonds is 11. The smallest absolute Gasteiger partial charge is 0.283 e. The Hall–Kier alpha value is -4.90. The monoisotopic (exact) mass is 635 g/mol. The molecule has 1 aliphatic rings. The van der Waals surface area contributed by atoms with Crippen LogP contribution >= 0.6 is 0 Å². The van der Waals surface area contributed by atoms with Gasteiger partial charge in [0, 0.05) is 47.5 Å². The molecular weight excluding hydrogens is 593 g/mol. The van der Waals surface area contributed by atoms with E-state index in [2.05, 4.69) is 66.3 Å². The summed E-state index contributed by atoms with van der Waals surface area (Å²) >= 11 is 0. The Labute approximate surface area is 274 Å². The van der Waals surface area contributed by atoms with Crippen LogP contribution in [-0.2, 0) is 11.3 Å². The van der Waals surface area contributed by atoms with Gasteiger partial charge < -0.3 is 20.9 Å². The molecule has 4 heterocycles. The molecule has 1 fully saturated rings. The molecule has 1 saturated heterocycles. The zero-order valence-corrected chi connectivity index (χ0v) is 27.4. The molecule has 0 bridgehead atoms. The molecule has 6 rings (SSSR count). The summed E-state index contributed by atoms with van der Waals surface area (Å²) < 4.78 is 15.1. The number of halogens is 1. The topological polar surface area (TPSA) is 112 Å². The summed E-state index contributed by atoms with van der Waals surface area (Å²) in [5.41, 5.74) is 5.11. The third kappa shape index (κ3) is 7.10. The lowest BCUT2D eigenvalue weighted by atomic mass is 9.96. The molecule has 2 aromatic carbocycles. The number of benzene rings is 2. The van der Waals surface area contributed by atoms with Crippen molar-refractivity contribution in [3.8, 4) is 11.3 Å². The summed E-state index contributed by atoms with van der Waals surface area (Å²) in [5.74, 6) is 0.129. The van der Waals surface area contributed by atoms with Gasteiger partial charge in [0.2, 0.25) is 11.9 Å². The van der Waals surface area contributed by atoms with E-state index in [0.717, 1.165) is 71.3 Å². The number of hydrogen-bond acceptors (Lipinski definition) is 8. The van der Waals surface area contributed by atoms with Crippen LogP contribution in [0.2, 0.25) is 0 Å². The molecule has 1 amide bonds. The molecule has 3 N–H and O–H groups in total. The van der Waals surface area contributed by atoms with Gasteiger partial charge in [0.1, 0.15) is 0 Å². The fourth-order valence-corrected chi connectivity index (χ4v) is 6.15. The first kappa shape index (κ1) is 32.1. The number of nitrogens with one attached hydrogen (secondary N) is 3. The Kier molecular flexibility index (Phi) is 9.44. The third-order valence-corrected chi connectivity index (χ3v) is 8.92. The Bertz CT molecular complexity index is 1910. The maximum atomic E-state index is 13.3. The van der Waals surface area contributed by atoms with E-state index < -0.39 is 11.7 Å². The van der Waals surface area contributed by atoms with Gasteiger partial charge in [-0.25, -0.2) is 4.39 Å². The van der Waals surface area contributed by atoms with E-state index in [1.54, 1.807) is 22.8 Å². The van der Waals surface area contributed by atoms with Gasteiger partial charge in [-0.15, -0.1) is 0 Å². The van der Waals surface area contributed by atoms with Crippen molar-refractivity contribution in [1.29, 1.82) is 0 Å². The molecule has 0 aliphatic carbocycles. The Morgan fingerprint density at radius 3 is 2.57 bits per heavy atom. The second kappa shape index (κ2) is 13.8. The molecule has 11 heteroatoms. The predicted octanol–water partition coefficient (Wildman–Crippen LogP) is 7.03. The van der Waals surface area contributed by atoms with Gasteiger partial charge in [-0.2, -0.15) is 19.6 Å². The number of carbonyl (C=O) groups is 1. The summed E-state index contributed by atoms with van der Waals surface area (Å²) in [5, 5.41) is 16.0. The van der Waals surface area contributed by atoms with Crippen LogP contribution < -0.4 is 16.0 Å². The van der Waals surface area contributed by atoms with Crippen LogP contribution in [0, 0.1) is 5.92 Å². The highest BCUT2D eigenvalue weighted by molar-refractivity contribution is 6.04. The number of hydrogen-bond donors (Lipinski definition) is 3. The van der Waals surface area contributed by atoms with E-state index in [1.165, 1.54) is 0 Å². The van der Waals surface area contributed by atoms with Crippen LogP contribution in [0.15, 0.2) is 73.3 Å². The van der Waals surface area contributed by atoms with E-state index in [-0.39, 0.29) is 5.92 Å². The van der Waals surface area contributed by atoms with Gasteiger partial charge in [0.15, 0.2) is 11.5 Å². The van der Waals surface area contributed by atoms with Crippen LogP contribution in [0.3, 0.4) is 0 Å². The minimum atomic E-state index is -1.04. The molecule has 244 valence electrons. The standard InChI is InChI=1S/C36H42FN9O/c1-22(2)31-21-41-46-33(31)43-35(39-19-25-13-16-45(17-14-25)23(3)4)44-36(46)40-20-27-8-6-7-9-29(27)32-30-11-10-28(42-34(47)24(5)37)18-26(30)12-15-38-32/h6-12,15,18,21-23,25H,5,13-14,16-17,19-20H2,1-4H3,(H,42,47)(H2,39,40,43,44). The molecule has 3 aromatic heterocycles. The van der Waals surface area contributed by atoms with Crippen molar-refractivity contribution in [2.75, 3.05) is 35.6 Å². The van der Waals surface area contributed by atoms with Crippen molar-refractivity contribution in [2.24, 2.45) is 5.92 Å². The molecule has 5 aromatic rings. The maximum absolute atomic E-state index is 13.3. The quantitative estimate of drug-likeness (QED) is 0.133. The number of nitrogens with zero attached hydrogens (tertiary/aromatic N) is 6. The maximum Gasteiger partial charge on any atom is 0.283 e. The molecule has 0 atom stereocenters. The first-order valence-corrected chi connectivity index (χ1v) is 16.3. The largest absolute Gasteiger partial charge is 0.354 e. The summed E-state index contributed by atoms with van der Waals surface area (Å²) in [6.07, 6.45) is 5.92. The number of fused-ring (bicyclic) bond motifs is 2. The van der Waals surface area contributed by atoms with E-state index in [0.29, 0.717) is 36.1 Å². The number of likely N-dealkylation sites (tertiary alicyclic amines) is 1. The summed E-state index contributed by atoms with van der Waals surface area (Å²) in [7, 11) is 0. The van der Waals surface area contributed by atoms with Crippen LogP contribution in [0.4, 0.5) is 22.0 Å². The highest BCUT2D eigenvalue weighted by atomic mass is 19.1. The lowest BCUT2D eigenvalue weighted by Crippen LogP contribution is -2.39. The van der Waals surface area contributed by atoms with Crippen LogP contribution in [0.25, 0.3) is 27.7 Å². The summed E-state index contributed by atoms with van der Waals surface area (Å²) in [6.45, 7) is 15.4. The lowest BCUT2D eigenvalue weighted by molar-refractivity contribution is -0.114. The molecular formula is C36H42FN9O. The number of pyridine rings is 1. The molecule has 47 heavy (non-hydrogen) atoms. The van der Waals surface area contributed by atoms with Crippen molar-refractivity contribution in [3.05, 3.63) is 84.5 Å². The summed E-state index contributed by atoms with van der Waals surface area (Å²) in [6, 6.07) is 16.0. The Morgan fingerprint density at radius 1 is 1.04 bits per heavy atom. The van der Waals surface area contributed by atoms with Gasteiger partial charge in [0.05, 0.1) is 11.9 Å². The number of aromatic nitrogens is 5. The number of amides is 1. The molecule has 0 radical (unpaired) electrons. The van der Waals surface area contributed by atoms with Crippen LogP contribution in [0.1, 0.15) is 57.6 Å². The second-order valence-corrected chi connectivity index (χ2v) is 12.8. The minimum absolute atomic E-state index is 0.256. The molecule has 0 saturated carbocycles. The number of piperidine rings is 1. The fraction of sp³-hybridized carbons (Fsp3) is 0.361. The third-order valence-electron chi connectivity index (χ3n) is 8.92. The van der Waals surface area contributed by atoms with Gasteiger partial charge in [-0.3, -0.25) is 9.78 Å². The molecule has 1 aliphatic heterocycles. The Balaban J connectivity index is 1.25. The first-order valence-electron chi connectivity index (χ1n) is 16.3. The molecule has 0 unspecified atom stereocenters. The van der Waals surface area contributed by atoms with E-state index in [1.807, 2.05) is 36.5 Å². The van der Waals surface area contributed by atoms with E-state index in [9.17, 15) is 9.18 Å². The van der Waals surface area contributed by atoms with Gasteiger partial charge in [-0.05, 0) is 80.8 Å². The average Bonchev–Trinajstić information content (AvgIpc) is 3.51. The zero-order valence-electron chi connectivity index (χ0n) is 27.4. The summed E-state index contributed by atoms with van der Waals surface area (Å²) in [4.78, 5) is 28.9. The predicted molar refractivity (Wildman–Crippen MR) is 186 cm³/mol. The van der Waals surface area contributed by atoms with Crippen molar-refractivity contribution < 1.29 is 9.18 Å². The molecule has 0 spiro atoms. The highest BCUT2D eigenvalue weighted by Gasteiger charge is 2.22. The van der Waals surface area contributed by atoms with E-state index in [4.69, 9.17) is 15.0 Å². The molecule has 10 nitrogen and oxygen atoms in total. The SMILES string of the molecule is C=C(F)C(=O)Nc1ccc2c(-c3ccccc3CNc3nc(NCC4CCN(C(C)C)CC4)nc4c(C(C)C)cnn34)nccc2c1. The lowest BCUT2D eigenvalue weighted by Gasteiger charge is -2.34. The fourth-order valence-electron chi connectivity index (χ4n) is 6.15. The van der Waals surface area contributed by atoms with Gasteiger partial charge in [0.25, 0.3) is 5.91 Å². The first-order chi connectivity index (χ1) is 22.7. The van der Waals surface area contributed by atoms with Gasteiger partial charge >= 0.3 is 0 Å². The average molecular weight is 636 g/mol. The second-order valence-electron chi connectivity index (χ2n) is 12.8. The van der Waals surface area contributed by atoms with Crippen molar-refractivity contribution in [1.82, 2.24) is 29.5 Å². The Morgan fingerprint density at radius 2 is 1.83 bits per heavy atom. The van der Waals surface area contributed by atoms with Crippen LogP contribution in [0.5, 0.6) is 0 Å². The van der Waals surface area contributed by atoms with Gasteiger partial charge in [-0.1, -0.05) is 50.8 Å². The minimum Gasteiger partial charge on any atom is -0.354 e. The number of carbonyl (C=O) groups excluding carboxylic acids is 1. The highest BCUT2D eigenvalue weighted by Crippen LogP contribution is 2.31.